The van der Waals surface area contributed by atoms with E-state index in [4.69, 9.17) is 17.3 Å². The first-order valence-corrected chi connectivity index (χ1v) is 6.98. The van der Waals surface area contributed by atoms with Crippen LogP contribution in [-0.4, -0.2) is 15.0 Å². The molecule has 1 heterocycles. The molecule has 0 saturated carbocycles. The summed E-state index contributed by atoms with van der Waals surface area (Å²) in [6.45, 7) is 3.33. The SMILES string of the molecule is CCCCc1c(CN)nnn1Cc1ccc(Cl)cc1. The minimum absolute atomic E-state index is 0.444. The minimum atomic E-state index is 0.444. The van der Waals surface area contributed by atoms with Crippen LogP contribution in [0.1, 0.15) is 36.7 Å². The van der Waals surface area contributed by atoms with Gasteiger partial charge in [-0.25, -0.2) is 4.68 Å². The van der Waals surface area contributed by atoms with E-state index in [1.807, 2.05) is 28.9 Å². The molecule has 0 fully saturated rings. The van der Waals surface area contributed by atoms with E-state index in [0.29, 0.717) is 13.1 Å². The molecule has 0 aliphatic carbocycles. The van der Waals surface area contributed by atoms with E-state index < -0.39 is 0 Å². The summed E-state index contributed by atoms with van der Waals surface area (Å²) in [6.07, 6.45) is 3.25. The number of halogens is 1. The quantitative estimate of drug-likeness (QED) is 0.884. The molecule has 19 heavy (non-hydrogen) atoms. The zero-order chi connectivity index (χ0) is 13.7. The number of aromatic nitrogens is 3. The second-order valence-corrected chi connectivity index (χ2v) is 5.01. The first kappa shape index (κ1) is 14.0. The standard InChI is InChI=1S/C14H19ClN4/c1-2-3-4-14-13(9-16)17-18-19(14)10-11-5-7-12(15)8-6-11/h5-8H,2-4,9-10,16H2,1H3. The Balaban J connectivity index is 2.19. The van der Waals surface area contributed by atoms with Crippen molar-refractivity contribution in [2.24, 2.45) is 5.73 Å². The number of rotatable bonds is 6. The molecule has 0 saturated heterocycles. The summed E-state index contributed by atoms with van der Waals surface area (Å²) >= 11 is 5.89. The van der Waals surface area contributed by atoms with Crippen molar-refractivity contribution in [1.82, 2.24) is 15.0 Å². The fourth-order valence-corrected chi connectivity index (χ4v) is 2.16. The molecule has 1 aromatic heterocycles. The maximum atomic E-state index is 5.89. The lowest BCUT2D eigenvalue weighted by atomic mass is 10.1. The molecule has 2 rings (SSSR count). The third kappa shape index (κ3) is 3.55. The second-order valence-electron chi connectivity index (χ2n) is 4.57. The molecule has 2 aromatic rings. The normalized spacial score (nSPS) is 10.9. The summed E-state index contributed by atoms with van der Waals surface area (Å²) in [5, 5.41) is 9.12. The zero-order valence-electron chi connectivity index (χ0n) is 11.1. The maximum Gasteiger partial charge on any atom is 0.0994 e. The summed E-state index contributed by atoms with van der Waals surface area (Å²) < 4.78 is 1.95. The molecule has 0 bridgehead atoms. The van der Waals surface area contributed by atoms with E-state index in [0.717, 1.165) is 41.2 Å². The highest BCUT2D eigenvalue weighted by Crippen LogP contribution is 2.14. The summed E-state index contributed by atoms with van der Waals surface area (Å²) in [5.41, 5.74) is 8.94. The zero-order valence-corrected chi connectivity index (χ0v) is 11.9. The Labute approximate surface area is 118 Å². The van der Waals surface area contributed by atoms with Gasteiger partial charge in [-0.2, -0.15) is 0 Å². The number of nitrogens with two attached hydrogens (primary N) is 1. The van der Waals surface area contributed by atoms with E-state index in [-0.39, 0.29) is 0 Å². The van der Waals surface area contributed by atoms with E-state index in [1.54, 1.807) is 0 Å². The average molecular weight is 279 g/mol. The maximum absolute atomic E-state index is 5.89. The fourth-order valence-electron chi connectivity index (χ4n) is 2.03. The highest BCUT2D eigenvalue weighted by molar-refractivity contribution is 6.30. The van der Waals surface area contributed by atoms with Gasteiger partial charge in [0.25, 0.3) is 0 Å². The number of benzene rings is 1. The van der Waals surface area contributed by atoms with Gasteiger partial charge in [0.2, 0.25) is 0 Å². The van der Waals surface area contributed by atoms with Crippen molar-refractivity contribution in [3.05, 3.63) is 46.2 Å². The first-order valence-electron chi connectivity index (χ1n) is 6.60. The van der Waals surface area contributed by atoms with Crippen molar-refractivity contribution >= 4 is 11.6 Å². The lowest BCUT2D eigenvalue weighted by Crippen LogP contribution is -2.09. The molecule has 2 N–H and O–H groups in total. The van der Waals surface area contributed by atoms with Crippen LogP contribution in [-0.2, 0) is 19.5 Å². The van der Waals surface area contributed by atoms with Gasteiger partial charge in [-0.1, -0.05) is 42.3 Å². The van der Waals surface area contributed by atoms with Crippen molar-refractivity contribution < 1.29 is 0 Å². The van der Waals surface area contributed by atoms with Crippen molar-refractivity contribution in [2.75, 3.05) is 0 Å². The second kappa shape index (κ2) is 6.68. The molecule has 0 aliphatic heterocycles. The largest absolute Gasteiger partial charge is 0.325 e. The minimum Gasteiger partial charge on any atom is -0.325 e. The van der Waals surface area contributed by atoms with Crippen molar-refractivity contribution in [3.8, 4) is 0 Å². The van der Waals surface area contributed by atoms with Crippen LogP contribution < -0.4 is 5.73 Å². The van der Waals surface area contributed by atoms with Crippen molar-refractivity contribution in [1.29, 1.82) is 0 Å². The van der Waals surface area contributed by atoms with E-state index in [1.165, 1.54) is 0 Å². The number of hydrogen-bond acceptors (Lipinski definition) is 3. The third-order valence-corrected chi connectivity index (χ3v) is 3.38. The first-order chi connectivity index (χ1) is 9.24. The van der Waals surface area contributed by atoms with Crippen LogP contribution in [0.15, 0.2) is 24.3 Å². The topological polar surface area (TPSA) is 56.7 Å². The smallest absolute Gasteiger partial charge is 0.0994 e. The van der Waals surface area contributed by atoms with Crippen LogP contribution in [0.25, 0.3) is 0 Å². The van der Waals surface area contributed by atoms with Gasteiger partial charge in [-0.3, -0.25) is 0 Å². The molecule has 0 spiro atoms. The lowest BCUT2D eigenvalue weighted by Gasteiger charge is -2.07. The van der Waals surface area contributed by atoms with Crippen LogP contribution in [0, 0.1) is 0 Å². The Morgan fingerprint density at radius 3 is 2.63 bits per heavy atom. The van der Waals surface area contributed by atoms with Gasteiger partial charge in [-0.15, -0.1) is 5.10 Å². The number of nitrogens with zero attached hydrogens (tertiary/aromatic N) is 3. The molecule has 0 aliphatic rings. The molecule has 5 heteroatoms. The highest BCUT2D eigenvalue weighted by atomic mass is 35.5. The summed E-state index contributed by atoms with van der Waals surface area (Å²) in [5.74, 6) is 0. The molecular formula is C14H19ClN4. The Hall–Kier alpha value is -1.39. The van der Waals surface area contributed by atoms with Crippen LogP contribution in [0.4, 0.5) is 0 Å². The van der Waals surface area contributed by atoms with Crippen LogP contribution in [0.2, 0.25) is 5.02 Å². The summed E-state index contributed by atoms with van der Waals surface area (Å²) in [4.78, 5) is 0. The van der Waals surface area contributed by atoms with Crippen LogP contribution in [0.3, 0.4) is 0 Å². The molecular weight excluding hydrogens is 260 g/mol. The van der Waals surface area contributed by atoms with Gasteiger partial charge in [-0.05, 0) is 30.5 Å². The van der Waals surface area contributed by atoms with Gasteiger partial charge in [0, 0.05) is 11.6 Å². The van der Waals surface area contributed by atoms with Gasteiger partial charge in [0.15, 0.2) is 0 Å². The predicted octanol–water partition coefficient (Wildman–Crippen LogP) is 2.78. The molecule has 1 aromatic carbocycles. The number of hydrogen-bond donors (Lipinski definition) is 1. The molecule has 102 valence electrons. The van der Waals surface area contributed by atoms with Gasteiger partial charge < -0.3 is 5.73 Å². The van der Waals surface area contributed by atoms with Gasteiger partial charge in [0.05, 0.1) is 17.9 Å². The molecule has 0 radical (unpaired) electrons. The van der Waals surface area contributed by atoms with E-state index >= 15 is 0 Å². The van der Waals surface area contributed by atoms with Crippen LogP contribution in [0.5, 0.6) is 0 Å². The molecule has 0 unspecified atom stereocenters. The Morgan fingerprint density at radius 2 is 2.00 bits per heavy atom. The van der Waals surface area contributed by atoms with E-state index in [9.17, 15) is 0 Å². The summed E-state index contributed by atoms with van der Waals surface area (Å²) in [7, 11) is 0. The average Bonchev–Trinajstić information content (AvgIpc) is 2.81. The monoisotopic (exact) mass is 278 g/mol. The lowest BCUT2D eigenvalue weighted by molar-refractivity contribution is 0.606. The Kier molecular flexibility index (Phi) is 4.93. The Morgan fingerprint density at radius 1 is 1.26 bits per heavy atom. The van der Waals surface area contributed by atoms with Gasteiger partial charge in [0.1, 0.15) is 0 Å². The van der Waals surface area contributed by atoms with Gasteiger partial charge >= 0.3 is 0 Å². The summed E-state index contributed by atoms with van der Waals surface area (Å²) in [6, 6.07) is 7.80. The molecule has 0 amide bonds. The molecule has 0 atom stereocenters. The predicted molar refractivity (Wildman–Crippen MR) is 77.1 cm³/mol. The Bertz CT molecular complexity index is 519. The highest BCUT2D eigenvalue weighted by Gasteiger charge is 2.11. The molecule has 4 nitrogen and oxygen atoms in total. The van der Waals surface area contributed by atoms with Crippen molar-refractivity contribution in [2.45, 2.75) is 39.3 Å². The third-order valence-electron chi connectivity index (χ3n) is 3.12. The van der Waals surface area contributed by atoms with Crippen LogP contribution >= 0.6 is 11.6 Å². The van der Waals surface area contributed by atoms with E-state index in [2.05, 4.69) is 17.2 Å². The van der Waals surface area contributed by atoms with Crippen molar-refractivity contribution in [3.63, 3.8) is 0 Å². The fraction of sp³-hybridized carbons (Fsp3) is 0.429. The number of unbranched alkanes of at least 4 members (excludes halogenated alkanes) is 1.